The van der Waals surface area contributed by atoms with E-state index < -0.39 is 5.54 Å². The third kappa shape index (κ3) is 6.33. The van der Waals surface area contributed by atoms with Crippen molar-refractivity contribution < 1.29 is 14.1 Å². The summed E-state index contributed by atoms with van der Waals surface area (Å²) in [6.07, 6.45) is 8.05. The van der Waals surface area contributed by atoms with Crippen LogP contribution in [0, 0.1) is 0 Å². The smallest absolute Gasteiger partial charge is 0.245 e. The van der Waals surface area contributed by atoms with E-state index >= 15 is 0 Å². The number of aromatic nitrogens is 2. The first-order chi connectivity index (χ1) is 13.0. The molecule has 1 aliphatic carbocycles. The average molecular weight is 379 g/mol. The van der Waals surface area contributed by atoms with Crippen molar-refractivity contribution in [2.24, 2.45) is 0 Å². The Hall–Kier alpha value is -1.92. The van der Waals surface area contributed by atoms with Gasteiger partial charge in [-0.15, -0.1) is 0 Å². The van der Waals surface area contributed by atoms with Crippen molar-refractivity contribution in [3.05, 3.63) is 11.7 Å². The first-order valence-corrected chi connectivity index (χ1v) is 10.4. The van der Waals surface area contributed by atoms with E-state index in [0.29, 0.717) is 37.5 Å². The largest absolute Gasteiger partial charge is 0.354 e. The van der Waals surface area contributed by atoms with Crippen LogP contribution in [0.3, 0.4) is 0 Å². The molecular formula is C20H34N4O3. The summed E-state index contributed by atoms with van der Waals surface area (Å²) in [4.78, 5) is 29.6. The highest BCUT2D eigenvalue weighted by molar-refractivity contribution is 5.91. The quantitative estimate of drug-likeness (QED) is 0.609. The predicted molar refractivity (Wildman–Crippen MR) is 103 cm³/mol. The van der Waals surface area contributed by atoms with E-state index in [0.717, 1.165) is 44.9 Å². The number of rotatable bonds is 10. The van der Waals surface area contributed by atoms with Crippen LogP contribution in [0.5, 0.6) is 0 Å². The minimum absolute atomic E-state index is 0.0255. The Morgan fingerprint density at radius 1 is 1.19 bits per heavy atom. The van der Waals surface area contributed by atoms with Gasteiger partial charge in [0, 0.05) is 25.3 Å². The summed E-state index contributed by atoms with van der Waals surface area (Å²) in [6.45, 7) is 6.79. The number of hydrogen-bond donors (Lipinski definition) is 2. The lowest BCUT2D eigenvalue weighted by Crippen LogP contribution is -2.59. The molecule has 2 rings (SSSR count). The lowest BCUT2D eigenvalue weighted by molar-refractivity contribution is -0.135. The zero-order valence-corrected chi connectivity index (χ0v) is 17.0. The lowest BCUT2D eigenvalue weighted by atomic mass is 9.80. The van der Waals surface area contributed by atoms with Crippen molar-refractivity contribution in [3.8, 4) is 0 Å². The van der Waals surface area contributed by atoms with Crippen molar-refractivity contribution >= 4 is 11.8 Å². The van der Waals surface area contributed by atoms with Crippen LogP contribution in [0.1, 0.15) is 96.2 Å². The molecule has 1 aromatic rings. The van der Waals surface area contributed by atoms with Gasteiger partial charge in [-0.3, -0.25) is 9.59 Å². The zero-order chi connectivity index (χ0) is 19.7. The molecule has 0 radical (unpaired) electrons. The second kappa shape index (κ2) is 10.4. The summed E-state index contributed by atoms with van der Waals surface area (Å²) in [5.74, 6) is 1.38. The Kier molecular flexibility index (Phi) is 8.25. The van der Waals surface area contributed by atoms with Gasteiger partial charge in [0.1, 0.15) is 5.54 Å². The van der Waals surface area contributed by atoms with Crippen LogP contribution in [0.15, 0.2) is 4.52 Å². The van der Waals surface area contributed by atoms with Crippen LogP contribution < -0.4 is 10.6 Å². The molecule has 0 saturated heterocycles. The van der Waals surface area contributed by atoms with Crippen LogP contribution >= 0.6 is 0 Å². The zero-order valence-electron chi connectivity index (χ0n) is 17.0. The number of nitrogens with one attached hydrogen (secondary N) is 2. The Morgan fingerprint density at radius 3 is 2.56 bits per heavy atom. The van der Waals surface area contributed by atoms with E-state index in [9.17, 15) is 9.59 Å². The Labute approximate surface area is 162 Å². The average Bonchev–Trinajstić information content (AvgIpc) is 3.12. The summed E-state index contributed by atoms with van der Waals surface area (Å²) in [5, 5.41) is 10.00. The number of aryl methyl sites for hydroxylation is 1. The van der Waals surface area contributed by atoms with Gasteiger partial charge in [0.05, 0.1) is 0 Å². The van der Waals surface area contributed by atoms with E-state index in [4.69, 9.17) is 4.52 Å². The van der Waals surface area contributed by atoms with Crippen molar-refractivity contribution in [1.29, 1.82) is 0 Å². The minimum Gasteiger partial charge on any atom is -0.354 e. The molecule has 1 aliphatic rings. The molecule has 1 saturated carbocycles. The van der Waals surface area contributed by atoms with Gasteiger partial charge in [0.25, 0.3) is 0 Å². The molecule has 2 N–H and O–H groups in total. The normalized spacial score (nSPS) is 16.3. The fourth-order valence-corrected chi connectivity index (χ4v) is 3.45. The van der Waals surface area contributed by atoms with Crippen LogP contribution in [0.4, 0.5) is 0 Å². The summed E-state index contributed by atoms with van der Waals surface area (Å²) in [7, 11) is 0. The molecule has 0 atom stereocenters. The molecule has 1 aromatic heterocycles. The Balaban J connectivity index is 1.84. The SMILES string of the molecule is CCCCNC(=O)C1(NC(=O)CCCc2nc(C(C)C)no2)CCCCC1. The second-order valence-corrected chi connectivity index (χ2v) is 7.85. The molecule has 152 valence electrons. The lowest BCUT2D eigenvalue weighted by Gasteiger charge is -2.36. The van der Waals surface area contributed by atoms with E-state index in [2.05, 4.69) is 27.7 Å². The third-order valence-electron chi connectivity index (χ3n) is 5.13. The van der Waals surface area contributed by atoms with Crippen LogP contribution in [-0.4, -0.2) is 34.0 Å². The van der Waals surface area contributed by atoms with Crippen LogP contribution in [0.2, 0.25) is 0 Å². The predicted octanol–water partition coefficient (Wildman–Crippen LogP) is 3.25. The van der Waals surface area contributed by atoms with Gasteiger partial charge in [-0.1, -0.05) is 51.6 Å². The van der Waals surface area contributed by atoms with E-state index in [1.54, 1.807) is 0 Å². The van der Waals surface area contributed by atoms with Gasteiger partial charge < -0.3 is 15.2 Å². The molecule has 2 amide bonds. The molecule has 0 aliphatic heterocycles. The van der Waals surface area contributed by atoms with Gasteiger partial charge in [-0.25, -0.2) is 0 Å². The summed E-state index contributed by atoms with van der Waals surface area (Å²) in [6, 6.07) is 0. The molecule has 1 fully saturated rings. The number of carbonyl (C=O) groups is 2. The molecule has 1 heterocycles. The van der Waals surface area contributed by atoms with Gasteiger partial charge in [-0.05, 0) is 25.7 Å². The summed E-state index contributed by atoms with van der Waals surface area (Å²) in [5.41, 5.74) is -0.738. The van der Waals surface area contributed by atoms with E-state index in [1.807, 2.05) is 13.8 Å². The maximum Gasteiger partial charge on any atom is 0.245 e. The van der Waals surface area contributed by atoms with E-state index in [-0.39, 0.29) is 17.7 Å². The summed E-state index contributed by atoms with van der Waals surface area (Å²) >= 11 is 0. The number of hydrogen-bond acceptors (Lipinski definition) is 5. The maximum absolute atomic E-state index is 12.7. The van der Waals surface area contributed by atoms with Crippen molar-refractivity contribution in [2.75, 3.05) is 6.54 Å². The maximum atomic E-state index is 12.7. The number of nitrogens with zero attached hydrogens (tertiary/aromatic N) is 2. The minimum atomic E-state index is -0.738. The monoisotopic (exact) mass is 378 g/mol. The number of amides is 2. The highest BCUT2D eigenvalue weighted by Crippen LogP contribution is 2.28. The van der Waals surface area contributed by atoms with E-state index in [1.165, 1.54) is 0 Å². The molecule has 0 unspecified atom stereocenters. The topological polar surface area (TPSA) is 97.1 Å². The molecular weight excluding hydrogens is 344 g/mol. The van der Waals surface area contributed by atoms with Gasteiger partial charge in [-0.2, -0.15) is 4.98 Å². The summed E-state index contributed by atoms with van der Waals surface area (Å²) < 4.78 is 5.21. The second-order valence-electron chi connectivity index (χ2n) is 7.85. The fourth-order valence-electron chi connectivity index (χ4n) is 3.45. The fraction of sp³-hybridized carbons (Fsp3) is 0.800. The number of unbranched alkanes of at least 4 members (excludes halogenated alkanes) is 1. The van der Waals surface area contributed by atoms with Crippen molar-refractivity contribution in [1.82, 2.24) is 20.8 Å². The molecule has 27 heavy (non-hydrogen) atoms. The van der Waals surface area contributed by atoms with Gasteiger partial charge >= 0.3 is 0 Å². The Bertz CT molecular complexity index is 606. The first-order valence-electron chi connectivity index (χ1n) is 10.4. The molecule has 0 spiro atoms. The highest BCUT2D eigenvalue weighted by Gasteiger charge is 2.40. The van der Waals surface area contributed by atoms with Gasteiger partial charge in [0.15, 0.2) is 5.82 Å². The Morgan fingerprint density at radius 2 is 1.93 bits per heavy atom. The molecule has 7 nitrogen and oxygen atoms in total. The third-order valence-corrected chi connectivity index (χ3v) is 5.13. The first kappa shape index (κ1) is 21.4. The van der Waals surface area contributed by atoms with Crippen molar-refractivity contribution in [3.63, 3.8) is 0 Å². The van der Waals surface area contributed by atoms with Crippen LogP contribution in [0.25, 0.3) is 0 Å². The standard InChI is InChI=1S/C20H34N4O3/c1-4-5-14-21-19(26)20(12-7-6-8-13-20)23-16(25)10-9-11-17-22-18(15(2)3)24-27-17/h15H,4-14H2,1-3H3,(H,21,26)(H,23,25). The number of carbonyl (C=O) groups excluding carboxylic acids is 2. The molecule has 7 heteroatoms. The molecule has 0 bridgehead atoms. The van der Waals surface area contributed by atoms with Crippen molar-refractivity contribution in [2.45, 2.75) is 96.4 Å². The molecule has 0 aromatic carbocycles. The van der Waals surface area contributed by atoms with Gasteiger partial charge in [0.2, 0.25) is 17.7 Å². The highest BCUT2D eigenvalue weighted by atomic mass is 16.5. The van der Waals surface area contributed by atoms with Crippen LogP contribution in [-0.2, 0) is 16.0 Å².